The molecule has 0 aliphatic carbocycles. The van der Waals surface area contributed by atoms with E-state index in [1.165, 1.54) is 19.3 Å². The van der Waals surface area contributed by atoms with Crippen LogP contribution in [0.5, 0.6) is 0 Å². The molecule has 212 valence electrons. The summed E-state index contributed by atoms with van der Waals surface area (Å²) in [6.07, 6.45) is 13.1. The first kappa shape index (κ1) is 29.3. The number of halogens is 1. The fourth-order valence-electron chi connectivity index (χ4n) is 5.62. The van der Waals surface area contributed by atoms with Gasteiger partial charge >= 0.3 is 0 Å². The highest BCUT2D eigenvalue weighted by atomic mass is 35.5. The zero-order chi connectivity index (χ0) is 27.8. The number of carbonyl (C=O) groups excluding carboxylic acids is 1. The molecule has 7 nitrogen and oxygen atoms in total. The molecule has 8 heteroatoms. The number of aryl methyl sites for hydroxylation is 1. The van der Waals surface area contributed by atoms with Crippen LogP contribution in [-0.2, 0) is 11.3 Å². The largest absolute Gasteiger partial charge is 0.348 e. The van der Waals surface area contributed by atoms with Gasteiger partial charge in [0.1, 0.15) is 5.82 Å². The SMILES string of the molecule is CCCCCn1c(N2CCC[C@H]2C(=O)CCCCCCCN(C)C)cc(=O)n2cc(-c3ccc(Cl)cc3)nc12. The summed E-state index contributed by atoms with van der Waals surface area (Å²) in [6.45, 7) is 4.86. The minimum Gasteiger partial charge on any atom is -0.348 e. The first-order valence-electron chi connectivity index (χ1n) is 14.7. The number of carbonyl (C=O) groups is 1. The molecule has 0 unspecified atom stereocenters. The average molecular weight is 554 g/mol. The highest BCUT2D eigenvalue weighted by Crippen LogP contribution is 2.29. The molecule has 1 aliphatic heterocycles. The fraction of sp³-hybridized carbons (Fsp3) is 0.581. The second-order valence-electron chi connectivity index (χ2n) is 11.1. The predicted molar refractivity (Wildman–Crippen MR) is 161 cm³/mol. The Kier molecular flexibility index (Phi) is 10.6. The summed E-state index contributed by atoms with van der Waals surface area (Å²) in [5.74, 6) is 1.77. The molecule has 3 aromatic rings. The van der Waals surface area contributed by atoms with E-state index >= 15 is 0 Å². The van der Waals surface area contributed by atoms with Crippen LogP contribution in [-0.4, -0.2) is 57.9 Å². The number of rotatable bonds is 15. The highest BCUT2D eigenvalue weighted by molar-refractivity contribution is 6.30. The number of hydrogen-bond donors (Lipinski definition) is 0. The Morgan fingerprint density at radius 2 is 1.79 bits per heavy atom. The maximum atomic E-state index is 13.4. The van der Waals surface area contributed by atoms with E-state index < -0.39 is 0 Å². The molecule has 2 aromatic heterocycles. The van der Waals surface area contributed by atoms with Crippen LogP contribution >= 0.6 is 11.6 Å². The molecule has 1 aromatic carbocycles. The Morgan fingerprint density at radius 3 is 2.54 bits per heavy atom. The van der Waals surface area contributed by atoms with E-state index in [4.69, 9.17) is 16.6 Å². The van der Waals surface area contributed by atoms with Gasteiger partial charge in [-0.05, 0) is 64.9 Å². The zero-order valence-electron chi connectivity index (χ0n) is 23.9. The van der Waals surface area contributed by atoms with E-state index in [1.54, 1.807) is 10.5 Å². The van der Waals surface area contributed by atoms with Crippen molar-refractivity contribution < 1.29 is 4.79 Å². The number of Topliss-reactive ketones (excluding diaryl/α,β-unsaturated/α-hetero) is 1. The third-order valence-corrected chi connectivity index (χ3v) is 8.02. The quantitative estimate of drug-likeness (QED) is 0.202. The zero-order valence-corrected chi connectivity index (χ0v) is 24.6. The van der Waals surface area contributed by atoms with Gasteiger partial charge in [-0.25, -0.2) is 4.98 Å². The Morgan fingerprint density at radius 1 is 1.05 bits per heavy atom. The van der Waals surface area contributed by atoms with Crippen molar-refractivity contribution in [2.75, 3.05) is 32.1 Å². The fourth-order valence-corrected chi connectivity index (χ4v) is 5.74. The third kappa shape index (κ3) is 7.52. The number of aromatic nitrogens is 3. The van der Waals surface area contributed by atoms with Gasteiger partial charge in [0.15, 0.2) is 5.78 Å². The topological polar surface area (TPSA) is 62.9 Å². The lowest BCUT2D eigenvalue weighted by molar-refractivity contribution is -0.120. The number of unbranched alkanes of at least 4 members (excludes halogenated alkanes) is 6. The van der Waals surface area contributed by atoms with E-state index in [-0.39, 0.29) is 11.6 Å². The van der Waals surface area contributed by atoms with E-state index in [9.17, 15) is 9.59 Å². The lowest BCUT2D eigenvalue weighted by Crippen LogP contribution is -2.39. The second kappa shape index (κ2) is 14.1. The molecule has 1 saturated heterocycles. The number of anilines is 1. The van der Waals surface area contributed by atoms with E-state index in [0.717, 1.165) is 81.7 Å². The van der Waals surface area contributed by atoms with Crippen LogP contribution in [0.2, 0.25) is 5.02 Å². The second-order valence-corrected chi connectivity index (χ2v) is 11.6. The Hall–Kier alpha value is -2.64. The average Bonchev–Trinajstić information content (AvgIpc) is 3.58. The summed E-state index contributed by atoms with van der Waals surface area (Å²) < 4.78 is 3.80. The summed E-state index contributed by atoms with van der Waals surface area (Å²) in [5.41, 5.74) is 1.54. The van der Waals surface area contributed by atoms with Gasteiger partial charge in [0.25, 0.3) is 5.56 Å². The maximum Gasteiger partial charge on any atom is 0.261 e. The van der Waals surface area contributed by atoms with Crippen molar-refractivity contribution in [1.82, 2.24) is 18.9 Å². The number of nitrogens with zero attached hydrogens (tertiary/aromatic N) is 5. The van der Waals surface area contributed by atoms with Gasteiger partial charge in [-0.1, -0.05) is 62.8 Å². The third-order valence-electron chi connectivity index (χ3n) is 7.77. The lowest BCUT2D eigenvalue weighted by Gasteiger charge is -2.29. The van der Waals surface area contributed by atoms with E-state index in [1.807, 2.05) is 30.5 Å². The Bertz CT molecular complexity index is 1280. The molecule has 0 radical (unpaired) electrons. The monoisotopic (exact) mass is 553 g/mol. The van der Waals surface area contributed by atoms with Crippen molar-refractivity contribution in [3.05, 3.63) is 51.9 Å². The normalized spacial score (nSPS) is 15.6. The van der Waals surface area contributed by atoms with Gasteiger partial charge in [-0.3, -0.25) is 18.6 Å². The molecule has 3 heterocycles. The Balaban J connectivity index is 1.55. The molecule has 1 aliphatic rings. The maximum absolute atomic E-state index is 13.4. The number of imidazole rings is 1. The van der Waals surface area contributed by atoms with Crippen LogP contribution in [0.1, 0.15) is 77.6 Å². The van der Waals surface area contributed by atoms with Crippen molar-refractivity contribution in [3.8, 4) is 11.3 Å². The van der Waals surface area contributed by atoms with Crippen molar-refractivity contribution in [2.45, 2.75) is 90.1 Å². The van der Waals surface area contributed by atoms with Crippen LogP contribution < -0.4 is 10.5 Å². The molecule has 1 atom stereocenters. The molecule has 0 spiro atoms. The Labute approximate surface area is 237 Å². The van der Waals surface area contributed by atoms with Crippen molar-refractivity contribution in [1.29, 1.82) is 0 Å². The summed E-state index contributed by atoms with van der Waals surface area (Å²) in [6, 6.07) is 9.07. The standard InChI is InChI=1S/C31H44ClN5O2/c1-4-5-10-20-36-29(22-30(39)37-23-26(33-31(36)37)24-15-17-25(32)18-16-24)35-21-12-13-27(35)28(38)14-9-7-6-8-11-19-34(2)3/h15-18,22-23,27H,4-14,19-21H2,1-3H3/t27-/m0/s1. The lowest BCUT2D eigenvalue weighted by atomic mass is 10.0. The first-order valence-corrected chi connectivity index (χ1v) is 15.1. The molecule has 0 bridgehead atoms. The van der Waals surface area contributed by atoms with Crippen LogP contribution in [0.15, 0.2) is 41.3 Å². The molecular weight excluding hydrogens is 510 g/mol. The van der Waals surface area contributed by atoms with Gasteiger partial charge in [0.2, 0.25) is 5.78 Å². The van der Waals surface area contributed by atoms with Crippen molar-refractivity contribution >= 4 is 29.0 Å². The molecule has 4 rings (SSSR count). The predicted octanol–water partition coefficient (Wildman–Crippen LogP) is 6.45. The summed E-state index contributed by atoms with van der Waals surface area (Å²) in [4.78, 5) is 36.0. The highest BCUT2D eigenvalue weighted by Gasteiger charge is 2.32. The molecule has 1 fully saturated rings. The number of fused-ring (bicyclic) bond motifs is 1. The molecule has 0 saturated carbocycles. The number of hydrogen-bond acceptors (Lipinski definition) is 5. The molecule has 39 heavy (non-hydrogen) atoms. The molecule has 0 amide bonds. The first-order chi connectivity index (χ1) is 18.9. The van der Waals surface area contributed by atoms with Gasteiger partial charge in [-0.2, -0.15) is 0 Å². The minimum atomic E-state index is -0.163. The smallest absolute Gasteiger partial charge is 0.261 e. The van der Waals surface area contributed by atoms with Crippen molar-refractivity contribution in [2.24, 2.45) is 0 Å². The van der Waals surface area contributed by atoms with E-state index in [2.05, 4.69) is 35.4 Å². The van der Waals surface area contributed by atoms with Gasteiger partial charge in [0.05, 0.1) is 11.7 Å². The summed E-state index contributed by atoms with van der Waals surface area (Å²) in [5, 5.41) is 0.665. The van der Waals surface area contributed by atoms with Crippen LogP contribution in [0.25, 0.3) is 17.0 Å². The summed E-state index contributed by atoms with van der Waals surface area (Å²) in [7, 11) is 4.22. The summed E-state index contributed by atoms with van der Waals surface area (Å²) >= 11 is 6.09. The molecule has 0 N–H and O–H groups in total. The van der Waals surface area contributed by atoms with Crippen molar-refractivity contribution in [3.63, 3.8) is 0 Å². The molecular formula is C31H44ClN5O2. The van der Waals surface area contributed by atoms with Crippen LogP contribution in [0.3, 0.4) is 0 Å². The van der Waals surface area contributed by atoms with Crippen LogP contribution in [0, 0.1) is 0 Å². The van der Waals surface area contributed by atoms with Gasteiger partial charge in [-0.15, -0.1) is 0 Å². The van der Waals surface area contributed by atoms with E-state index in [0.29, 0.717) is 23.0 Å². The van der Waals surface area contributed by atoms with Crippen LogP contribution in [0.4, 0.5) is 5.82 Å². The number of ketones is 1. The van der Waals surface area contributed by atoms with Gasteiger partial charge in [0, 0.05) is 42.4 Å². The van der Waals surface area contributed by atoms with Gasteiger partial charge < -0.3 is 9.80 Å². The minimum absolute atomic E-state index is 0.115. The number of benzene rings is 1.